The average Bonchev–Trinajstić information content (AvgIpc) is 2.60. The number of fused-ring (bicyclic) bond motifs is 1. The van der Waals surface area contributed by atoms with Crippen molar-refractivity contribution in [3.63, 3.8) is 0 Å². The topological polar surface area (TPSA) is 36.4 Å². The van der Waals surface area contributed by atoms with E-state index in [1.807, 2.05) is 32.2 Å². The van der Waals surface area contributed by atoms with Crippen LogP contribution in [0.5, 0.6) is 0 Å². The quantitative estimate of drug-likeness (QED) is 0.815. The van der Waals surface area contributed by atoms with E-state index in [0.717, 1.165) is 24.0 Å². The van der Waals surface area contributed by atoms with Crippen LogP contribution in [-0.2, 0) is 0 Å². The molecule has 0 aliphatic heterocycles. The number of carbonyl (C=O) groups is 1. The molecular weight excluding hydrogens is 286 g/mol. The van der Waals surface area contributed by atoms with Crippen molar-refractivity contribution < 1.29 is 4.79 Å². The van der Waals surface area contributed by atoms with Crippen LogP contribution in [0.25, 0.3) is 10.9 Å². The molecule has 0 spiro atoms. The van der Waals surface area contributed by atoms with Gasteiger partial charge in [-0.05, 0) is 50.7 Å². The number of nitrogens with zero attached hydrogens (tertiary/aromatic N) is 3. The highest BCUT2D eigenvalue weighted by Crippen LogP contribution is 2.27. The van der Waals surface area contributed by atoms with E-state index in [2.05, 4.69) is 36.7 Å². The second kappa shape index (κ2) is 7.55. The third kappa shape index (κ3) is 3.53. The highest BCUT2D eigenvalue weighted by Gasteiger charge is 2.19. The first-order valence-electron chi connectivity index (χ1n) is 8.41. The number of aromatic nitrogens is 1. The highest BCUT2D eigenvalue weighted by molar-refractivity contribution is 6.05. The molecular formula is C19H27N3O. The molecule has 0 aliphatic carbocycles. The first kappa shape index (κ1) is 17.4. The molecule has 124 valence electrons. The molecule has 0 saturated carbocycles. The van der Waals surface area contributed by atoms with Crippen LogP contribution in [0.15, 0.2) is 30.5 Å². The Kier molecular flexibility index (Phi) is 5.72. The molecule has 4 nitrogen and oxygen atoms in total. The predicted molar refractivity (Wildman–Crippen MR) is 95.7 cm³/mol. The van der Waals surface area contributed by atoms with Gasteiger partial charge in [0.25, 0.3) is 5.91 Å². The van der Waals surface area contributed by atoms with Crippen molar-refractivity contribution in [2.75, 3.05) is 26.7 Å². The van der Waals surface area contributed by atoms with E-state index in [9.17, 15) is 4.79 Å². The Labute approximate surface area is 139 Å². The lowest BCUT2D eigenvalue weighted by Crippen LogP contribution is -2.28. The fourth-order valence-corrected chi connectivity index (χ4v) is 2.95. The van der Waals surface area contributed by atoms with Gasteiger partial charge in [-0.3, -0.25) is 14.7 Å². The summed E-state index contributed by atoms with van der Waals surface area (Å²) in [6.45, 7) is 11.2. The van der Waals surface area contributed by atoms with Gasteiger partial charge in [0.05, 0.1) is 11.1 Å². The van der Waals surface area contributed by atoms with E-state index >= 15 is 0 Å². The van der Waals surface area contributed by atoms with Crippen LogP contribution in [0.1, 0.15) is 49.7 Å². The smallest absolute Gasteiger partial charge is 0.255 e. The molecule has 1 amide bonds. The van der Waals surface area contributed by atoms with Gasteiger partial charge in [0.1, 0.15) is 0 Å². The van der Waals surface area contributed by atoms with Crippen molar-refractivity contribution in [1.29, 1.82) is 0 Å². The summed E-state index contributed by atoms with van der Waals surface area (Å²) in [5.41, 5.74) is 2.65. The molecule has 0 fully saturated rings. The summed E-state index contributed by atoms with van der Waals surface area (Å²) in [5, 5.41) is 1.02. The summed E-state index contributed by atoms with van der Waals surface area (Å²) in [4.78, 5) is 21.3. The Morgan fingerprint density at radius 1 is 1.17 bits per heavy atom. The van der Waals surface area contributed by atoms with Gasteiger partial charge >= 0.3 is 0 Å². The van der Waals surface area contributed by atoms with Gasteiger partial charge < -0.3 is 4.90 Å². The van der Waals surface area contributed by atoms with Gasteiger partial charge in [-0.2, -0.15) is 0 Å². The molecule has 0 N–H and O–H groups in total. The molecule has 1 unspecified atom stereocenters. The fraction of sp³-hybridized carbons (Fsp3) is 0.474. The van der Waals surface area contributed by atoms with E-state index in [-0.39, 0.29) is 11.9 Å². The minimum absolute atomic E-state index is 0.0322. The van der Waals surface area contributed by atoms with E-state index in [0.29, 0.717) is 12.1 Å². The number of hydrogen-bond acceptors (Lipinski definition) is 3. The summed E-state index contributed by atoms with van der Waals surface area (Å²) in [6.07, 6.45) is 1.75. The standard InChI is InChI=1S/C19H27N3O/c1-6-21(5)19(23)17-13-16(14(4)22(7-2)8-3)12-15-10-9-11-20-18(15)17/h9-14H,6-8H2,1-5H3. The third-order valence-corrected chi connectivity index (χ3v) is 4.62. The van der Waals surface area contributed by atoms with Gasteiger partial charge in [0, 0.05) is 31.2 Å². The van der Waals surface area contributed by atoms with Crippen molar-refractivity contribution in [3.05, 3.63) is 41.6 Å². The SMILES string of the molecule is CCN(C)C(=O)c1cc(C(C)N(CC)CC)cc2cccnc12. The maximum absolute atomic E-state index is 12.7. The van der Waals surface area contributed by atoms with Crippen molar-refractivity contribution >= 4 is 16.8 Å². The number of rotatable bonds is 6. The number of carbonyl (C=O) groups excluding carboxylic acids is 1. The van der Waals surface area contributed by atoms with Gasteiger partial charge in [0.2, 0.25) is 0 Å². The lowest BCUT2D eigenvalue weighted by Gasteiger charge is -2.27. The second-order valence-electron chi connectivity index (χ2n) is 5.86. The minimum atomic E-state index is 0.0322. The maximum atomic E-state index is 12.7. The van der Waals surface area contributed by atoms with Crippen LogP contribution in [0.3, 0.4) is 0 Å². The maximum Gasteiger partial charge on any atom is 0.255 e. The zero-order chi connectivity index (χ0) is 17.0. The first-order valence-corrected chi connectivity index (χ1v) is 8.41. The molecule has 0 aliphatic rings. The molecule has 0 saturated heterocycles. The Morgan fingerprint density at radius 2 is 1.87 bits per heavy atom. The molecule has 2 aromatic rings. The Hall–Kier alpha value is -1.94. The number of pyridine rings is 1. The first-order chi connectivity index (χ1) is 11.0. The zero-order valence-corrected chi connectivity index (χ0v) is 14.8. The fourth-order valence-electron chi connectivity index (χ4n) is 2.95. The van der Waals surface area contributed by atoms with Crippen LogP contribution in [0.4, 0.5) is 0 Å². The molecule has 23 heavy (non-hydrogen) atoms. The van der Waals surface area contributed by atoms with Crippen molar-refractivity contribution in [2.24, 2.45) is 0 Å². The van der Waals surface area contributed by atoms with Crippen molar-refractivity contribution in [3.8, 4) is 0 Å². The third-order valence-electron chi connectivity index (χ3n) is 4.62. The summed E-state index contributed by atoms with van der Waals surface area (Å²) >= 11 is 0. The molecule has 1 heterocycles. The van der Waals surface area contributed by atoms with Crippen LogP contribution >= 0.6 is 0 Å². The molecule has 1 aromatic carbocycles. The number of amides is 1. The highest BCUT2D eigenvalue weighted by atomic mass is 16.2. The predicted octanol–water partition coefficient (Wildman–Crippen LogP) is 3.73. The number of hydrogen-bond donors (Lipinski definition) is 0. The van der Waals surface area contributed by atoms with Gasteiger partial charge in [-0.15, -0.1) is 0 Å². The summed E-state index contributed by atoms with van der Waals surface area (Å²) in [7, 11) is 1.83. The Bertz CT molecular complexity index is 679. The van der Waals surface area contributed by atoms with E-state index < -0.39 is 0 Å². The molecule has 0 bridgehead atoms. The monoisotopic (exact) mass is 313 g/mol. The minimum Gasteiger partial charge on any atom is -0.342 e. The van der Waals surface area contributed by atoms with E-state index in [4.69, 9.17) is 0 Å². The molecule has 0 radical (unpaired) electrons. The molecule has 1 atom stereocenters. The average molecular weight is 313 g/mol. The lowest BCUT2D eigenvalue weighted by atomic mass is 9.99. The Balaban J connectivity index is 2.58. The molecule has 2 rings (SSSR count). The number of benzene rings is 1. The van der Waals surface area contributed by atoms with Gasteiger partial charge in [0.15, 0.2) is 0 Å². The van der Waals surface area contributed by atoms with E-state index in [1.165, 1.54) is 5.56 Å². The lowest BCUT2D eigenvalue weighted by molar-refractivity contribution is 0.0804. The van der Waals surface area contributed by atoms with Gasteiger partial charge in [-0.25, -0.2) is 0 Å². The second-order valence-corrected chi connectivity index (χ2v) is 5.86. The van der Waals surface area contributed by atoms with Crippen LogP contribution in [0.2, 0.25) is 0 Å². The van der Waals surface area contributed by atoms with Crippen molar-refractivity contribution in [2.45, 2.75) is 33.7 Å². The zero-order valence-electron chi connectivity index (χ0n) is 14.8. The van der Waals surface area contributed by atoms with Crippen LogP contribution in [-0.4, -0.2) is 47.4 Å². The summed E-state index contributed by atoms with van der Waals surface area (Å²) in [6, 6.07) is 8.41. The summed E-state index contributed by atoms with van der Waals surface area (Å²) < 4.78 is 0. The molecule has 1 aromatic heterocycles. The summed E-state index contributed by atoms with van der Waals surface area (Å²) in [5.74, 6) is 0.0322. The largest absolute Gasteiger partial charge is 0.342 e. The van der Waals surface area contributed by atoms with Gasteiger partial charge in [-0.1, -0.05) is 19.9 Å². The van der Waals surface area contributed by atoms with Crippen LogP contribution < -0.4 is 0 Å². The van der Waals surface area contributed by atoms with Crippen LogP contribution in [0, 0.1) is 0 Å². The van der Waals surface area contributed by atoms with E-state index in [1.54, 1.807) is 11.1 Å². The molecule has 4 heteroatoms. The Morgan fingerprint density at radius 3 is 2.48 bits per heavy atom. The van der Waals surface area contributed by atoms with Crippen molar-refractivity contribution in [1.82, 2.24) is 14.8 Å². The normalized spacial score (nSPS) is 12.6.